The second kappa shape index (κ2) is 4.92. The third-order valence-corrected chi connectivity index (χ3v) is 2.62. The first kappa shape index (κ1) is 12.4. The van der Waals surface area contributed by atoms with E-state index in [-0.39, 0.29) is 6.54 Å². The van der Waals surface area contributed by atoms with Crippen molar-refractivity contribution in [1.82, 2.24) is 4.90 Å². The van der Waals surface area contributed by atoms with Crippen molar-refractivity contribution in [2.24, 2.45) is 0 Å². The average Bonchev–Trinajstić information content (AvgIpc) is 2.94. The monoisotopic (exact) mass is 217 g/mol. The van der Waals surface area contributed by atoms with Crippen LogP contribution < -0.4 is 0 Å². The van der Waals surface area contributed by atoms with Crippen molar-refractivity contribution in [3.05, 3.63) is 0 Å². The van der Waals surface area contributed by atoms with Gasteiger partial charge in [0, 0.05) is 26.2 Å². The van der Waals surface area contributed by atoms with E-state index in [0.29, 0.717) is 19.2 Å². The van der Waals surface area contributed by atoms with Gasteiger partial charge in [-0.1, -0.05) is 0 Å². The molecule has 0 bridgehead atoms. The molecule has 15 heavy (non-hydrogen) atoms. The molecule has 5 heteroatoms. The van der Waals surface area contributed by atoms with Gasteiger partial charge in [0.2, 0.25) is 0 Å². The molecule has 0 spiro atoms. The van der Waals surface area contributed by atoms with Gasteiger partial charge in [-0.25, -0.2) is 4.79 Å². The first-order valence-electron chi connectivity index (χ1n) is 5.16. The molecule has 1 rings (SSSR count). The smallest absolute Gasteiger partial charge is 0.336 e. The van der Waals surface area contributed by atoms with E-state index in [1.54, 1.807) is 7.11 Å². The number of aliphatic hydroxyl groups is 1. The summed E-state index contributed by atoms with van der Waals surface area (Å²) in [6.45, 7) is 2.73. The number of hydrogen-bond donors (Lipinski definition) is 2. The van der Waals surface area contributed by atoms with Crippen molar-refractivity contribution in [2.75, 3.05) is 26.8 Å². The van der Waals surface area contributed by atoms with Gasteiger partial charge < -0.3 is 14.9 Å². The lowest BCUT2D eigenvalue weighted by molar-refractivity contribution is -0.158. The maximum atomic E-state index is 10.8. The molecule has 0 heterocycles. The van der Waals surface area contributed by atoms with Crippen LogP contribution in [0.25, 0.3) is 0 Å². The molecule has 1 aliphatic carbocycles. The van der Waals surface area contributed by atoms with Gasteiger partial charge in [0.15, 0.2) is 5.60 Å². The SMILES string of the molecule is COCCN(CC(C)(O)C(=O)O)C1CC1. The first-order valence-corrected chi connectivity index (χ1v) is 5.16. The average molecular weight is 217 g/mol. The van der Waals surface area contributed by atoms with Gasteiger partial charge in [0.05, 0.1) is 6.61 Å². The fourth-order valence-electron chi connectivity index (χ4n) is 1.50. The molecule has 0 saturated heterocycles. The Balaban J connectivity index is 2.46. The van der Waals surface area contributed by atoms with Crippen LogP contribution >= 0.6 is 0 Å². The van der Waals surface area contributed by atoms with Crippen LogP contribution in [-0.4, -0.2) is 59.5 Å². The minimum atomic E-state index is -1.67. The molecule has 0 aromatic heterocycles. The highest BCUT2D eigenvalue weighted by Crippen LogP contribution is 2.27. The minimum Gasteiger partial charge on any atom is -0.479 e. The van der Waals surface area contributed by atoms with E-state index in [1.165, 1.54) is 6.92 Å². The highest BCUT2D eigenvalue weighted by molar-refractivity contribution is 5.76. The molecular formula is C10H19NO4. The van der Waals surface area contributed by atoms with Gasteiger partial charge in [0.25, 0.3) is 0 Å². The minimum absolute atomic E-state index is 0.163. The lowest BCUT2D eigenvalue weighted by Gasteiger charge is -2.28. The number of rotatable bonds is 7. The standard InChI is InChI=1S/C10H19NO4/c1-10(14,9(12)13)7-11(5-6-15-2)8-3-4-8/h8,14H,3-7H2,1-2H3,(H,12,13). The molecule has 0 amide bonds. The number of ether oxygens (including phenoxy) is 1. The van der Waals surface area contributed by atoms with Crippen molar-refractivity contribution in [2.45, 2.75) is 31.4 Å². The molecule has 2 N–H and O–H groups in total. The molecule has 1 atom stereocenters. The van der Waals surface area contributed by atoms with Crippen molar-refractivity contribution >= 4 is 5.97 Å². The number of hydrogen-bond acceptors (Lipinski definition) is 4. The Morgan fingerprint density at radius 2 is 2.20 bits per heavy atom. The maximum Gasteiger partial charge on any atom is 0.336 e. The Morgan fingerprint density at radius 3 is 2.60 bits per heavy atom. The van der Waals surface area contributed by atoms with E-state index in [1.807, 2.05) is 4.90 Å². The van der Waals surface area contributed by atoms with Crippen LogP contribution in [0.3, 0.4) is 0 Å². The van der Waals surface area contributed by atoms with Crippen molar-refractivity contribution in [1.29, 1.82) is 0 Å². The van der Waals surface area contributed by atoms with Gasteiger partial charge in [-0.15, -0.1) is 0 Å². The fourth-order valence-corrected chi connectivity index (χ4v) is 1.50. The van der Waals surface area contributed by atoms with E-state index in [2.05, 4.69) is 0 Å². The van der Waals surface area contributed by atoms with Crippen LogP contribution in [0.15, 0.2) is 0 Å². The van der Waals surface area contributed by atoms with Crippen LogP contribution in [0, 0.1) is 0 Å². The van der Waals surface area contributed by atoms with Gasteiger partial charge in [0.1, 0.15) is 0 Å². The van der Waals surface area contributed by atoms with Gasteiger partial charge in [-0.2, -0.15) is 0 Å². The lowest BCUT2D eigenvalue weighted by atomic mass is 10.1. The zero-order chi connectivity index (χ0) is 11.5. The first-order chi connectivity index (χ1) is 6.97. The van der Waals surface area contributed by atoms with E-state index < -0.39 is 11.6 Å². The number of aliphatic carboxylic acids is 1. The molecule has 0 aromatic carbocycles. The highest BCUT2D eigenvalue weighted by atomic mass is 16.5. The predicted octanol–water partition coefficient (Wildman–Crippen LogP) is -0.0672. The number of carboxylic acids is 1. The van der Waals surface area contributed by atoms with Gasteiger partial charge in [-0.3, -0.25) is 4.90 Å². The summed E-state index contributed by atoms with van der Waals surface area (Å²) in [6, 6.07) is 0.422. The summed E-state index contributed by atoms with van der Waals surface area (Å²) in [5.74, 6) is -1.18. The zero-order valence-corrected chi connectivity index (χ0v) is 9.27. The Bertz CT molecular complexity index is 225. The van der Waals surface area contributed by atoms with E-state index >= 15 is 0 Å². The van der Waals surface area contributed by atoms with Crippen LogP contribution in [-0.2, 0) is 9.53 Å². The topological polar surface area (TPSA) is 70.0 Å². The number of carbonyl (C=O) groups is 1. The molecule has 0 radical (unpaired) electrons. The van der Waals surface area contributed by atoms with Crippen LogP contribution in [0.5, 0.6) is 0 Å². The van der Waals surface area contributed by atoms with Gasteiger partial charge in [-0.05, 0) is 19.8 Å². The Hall–Kier alpha value is -0.650. The van der Waals surface area contributed by atoms with Crippen molar-refractivity contribution in [3.63, 3.8) is 0 Å². The molecule has 88 valence electrons. The largest absolute Gasteiger partial charge is 0.479 e. The molecule has 1 fully saturated rings. The quantitative estimate of drug-likeness (QED) is 0.625. The summed E-state index contributed by atoms with van der Waals surface area (Å²) in [4.78, 5) is 12.7. The number of carboxylic acid groups (broad SMARTS) is 1. The highest BCUT2D eigenvalue weighted by Gasteiger charge is 2.37. The number of methoxy groups -OCH3 is 1. The Labute approximate surface area is 89.6 Å². The lowest BCUT2D eigenvalue weighted by Crippen LogP contribution is -2.48. The van der Waals surface area contributed by atoms with Crippen LogP contribution in [0.1, 0.15) is 19.8 Å². The summed E-state index contributed by atoms with van der Waals surface area (Å²) >= 11 is 0. The van der Waals surface area contributed by atoms with E-state index in [0.717, 1.165) is 12.8 Å². The molecule has 0 aromatic rings. The molecule has 5 nitrogen and oxygen atoms in total. The zero-order valence-electron chi connectivity index (χ0n) is 9.27. The molecule has 1 aliphatic rings. The second-order valence-corrected chi connectivity index (χ2v) is 4.27. The normalized spacial score (nSPS) is 20.3. The molecular weight excluding hydrogens is 198 g/mol. The third-order valence-electron chi connectivity index (χ3n) is 2.62. The summed E-state index contributed by atoms with van der Waals surface area (Å²) in [6.07, 6.45) is 2.17. The maximum absolute atomic E-state index is 10.8. The third kappa shape index (κ3) is 3.77. The van der Waals surface area contributed by atoms with E-state index in [9.17, 15) is 9.90 Å². The molecule has 0 aliphatic heterocycles. The van der Waals surface area contributed by atoms with Crippen molar-refractivity contribution in [3.8, 4) is 0 Å². The summed E-state index contributed by atoms with van der Waals surface area (Å²) in [7, 11) is 1.61. The van der Waals surface area contributed by atoms with Crippen LogP contribution in [0.2, 0.25) is 0 Å². The predicted molar refractivity (Wildman–Crippen MR) is 54.7 cm³/mol. The summed E-state index contributed by atoms with van der Waals surface area (Å²) < 4.78 is 4.95. The fraction of sp³-hybridized carbons (Fsp3) is 0.900. The Morgan fingerprint density at radius 1 is 1.60 bits per heavy atom. The van der Waals surface area contributed by atoms with Gasteiger partial charge >= 0.3 is 5.97 Å². The second-order valence-electron chi connectivity index (χ2n) is 4.27. The summed E-state index contributed by atoms with van der Waals surface area (Å²) in [5.41, 5.74) is -1.67. The van der Waals surface area contributed by atoms with Crippen molar-refractivity contribution < 1.29 is 19.7 Å². The van der Waals surface area contributed by atoms with E-state index in [4.69, 9.17) is 9.84 Å². The molecule has 1 unspecified atom stereocenters. The Kier molecular flexibility index (Phi) is 4.07. The molecule has 1 saturated carbocycles. The van der Waals surface area contributed by atoms with Crippen LogP contribution in [0.4, 0.5) is 0 Å². The summed E-state index contributed by atoms with van der Waals surface area (Å²) in [5, 5.41) is 18.5. The number of nitrogens with zero attached hydrogens (tertiary/aromatic N) is 1.